The molecule has 0 aliphatic carbocycles. The third kappa shape index (κ3) is 9.36. The highest BCUT2D eigenvalue weighted by atomic mass is 19.4. The van der Waals surface area contributed by atoms with Gasteiger partial charge in [-0.25, -0.2) is 0 Å². The molecule has 0 unspecified atom stereocenters. The second kappa shape index (κ2) is 18.0. The summed E-state index contributed by atoms with van der Waals surface area (Å²) < 4.78 is 396. The van der Waals surface area contributed by atoms with Gasteiger partial charge in [-0.15, -0.1) is 0 Å². The van der Waals surface area contributed by atoms with E-state index in [1.54, 1.807) is 0 Å². The van der Waals surface area contributed by atoms with Crippen LogP contribution in [0, 0.1) is 0 Å². The molecule has 0 aromatic carbocycles. The zero-order valence-electron chi connectivity index (χ0n) is 29.6. The quantitative estimate of drug-likeness (QED) is 0.0569. The van der Waals surface area contributed by atoms with E-state index in [2.05, 4.69) is 0 Å². The van der Waals surface area contributed by atoms with Crippen molar-refractivity contribution < 1.29 is 127 Å². The lowest BCUT2D eigenvalue weighted by Crippen LogP contribution is -2.79. The molecule has 29 heteroatoms. The minimum atomic E-state index is -9.91. The van der Waals surface area contributed by atoms with Gasteiger partial charge in [-0.1, -0.05) is 90.4 Å². The molecule has 0 spiro atoms. The molecule has 0 nitrogen and oxygen atoms in total. The van der Waals surface area contributed by atoms with Crippen molar-refractivity contribution in [2.45, 2.75) is 186 Å². The van der Waals surface area contributed by atoms with E-state index >= 15 is 0 Å². The summed E-state index contributed by atoms with van der Waals surface area (Å²) in [5.74, 6) is -120. The van der Waals surface area contributed by atoms with E-state index in [-0.39, 0.29) is 12.8 Å². The summed E-state index contributed by atoms with van der Waals surface area (Å²) in [6.45, 7) is 2.00. The van der Waals surface area contributed by atoms with Gasteiger partial charge >= 0.3 is 83.2 Å². The van der Waals surface area contributed by atoms with E-state index in [0.717, 1.165) is 44.9 Å². The Morgan fingerprint density at radius 1 is 0.203 bits per heavy atom. The van der Waals surface area contributed by atoms with Crippen molar-refractivity contribution >= 4 is 0 Å². The molecule has 0 rings (SSSR count). The van der Waals surface area contributed by atoms with Gasteiger partial charge < -0.3 is 0 Å². The van der Waals surface area contributed by atoms with E-state index < -0.39 is 102 Å². The second-order valence-corrected chi connectivity index (χ2v) is 13.4. The molecule has 0 aromatic heterocycles. The highest BCUT2D eigenvalue weighted by molar-refractivity contribution is 5.21. The number of alkyl halides is 29. The Kier molecular flexibility index (Phi) is 17.4. The molecule has 0 radical (unpaired) electrons. The van der Waals surface area contributed by atoms with Gasteiger partial charge in [0.1, 0.15) is 0 Å². The first-order chi connectivity index (χ1) is 25.8. The number of unbranched alkanes of at least 4 members (excludes halogenated alkanes) is 13. The molecule has 356 valence electrons. The average molecular weight is 945 g/mol. The maximum absolute atomic E-state index is 14.1. The number of rotatable bonds is 27. The smallest absolute Gasteiger partial charge is 0.200 e. The molecule has 0 saturated carbocycles. The summed E-state index contributed by atoms with van der Waals surface area (Å²) in [6.07, 6.45) is -4.75. The fourth-order valence-corrected chi connectivity index (χ4v) is 5.08. The number of hydrogen-bond donors (Lipinski definition) is 0. The topological polar surface area (TPSA) is 0 Å². The highest BCUT2D eigenvalue weighted by Crippen LogP contribution is 2.69. The van der Waals surface area contributed by atoms with Crippen LogP contribution in [0.3, 0.4) is 0 Å². The van der Waals surface area contributed by atoms with E-state index in [0.29, 0.717) is 19.3 Å². The summed E-state index contributed by atoms with van der Waals surface area (Å²) in [5.41, 5.74) is 0. The van der Waals surface area contributed by atoms with E-state index in [1.165, 1.54) is 0 Å². The van der Waals surface area contributed by atoms with Crippen molar-refractivity contribution in [3.63, 3.8) is 0 Å². The lowest BCUT2D eigenvalue weighted by Gasteiger charge is -2.46. The van der Waals surface area contributed by atoms with E-state index in [1.807, 2.05) is 6.92 Å². The van der Waals surface area contributed by atoms with Crippen LogP contribution in [-0.2, 0) is 0 Å². The fourth-order valence-electron chi connectivity index (χ4n) is 5.08. The second-order valence-electron chi connectivity index (χ2n) is 13.4. The van der Waals surface area contributed by atoms with E-state index in [9.17, 15) is 127 Å². The van der Waals surface area contributed by atoms with Crippen LogP contribution in [-0.4, -0.2) is 83.2 Å². The van der Waals surface area contributed by atoms with Crippen molar-refractivity contribution in [2.24, 2.45) is 0 Å². The average Bonchev–Trinajstić information content (AvgIpc) is 3.06. The molecular weight excluding hydrogens is 911 g/mol. The summed E-state index contributed by atoms with van der Waals surface area (Å²) >= 11 is 0. The largest absolute Gasteiger partial charge is 0.460 e. The van der Waals surface area contributed by atoms with Crippen LogP contribution in [0.15, 0.2) is 0 Å². The maximum atomic E-state index is 14.1. The van der Waals surface area contributed by atoms with E-state index in [4.69, 9.17) is 0 Å². The molecule has 0 saturated heterocycles. The minimum Gasteiger partial charge on any atom is -0.200 e. The first-order valence-electron chi connectivity index (χ1n) is 16.8. The molecule has 0 aliphatic heterocycles. The molecule has 0 bridgehead atoms. The van der Waals surface area contributed by atoms with Crippen LogP contribution in [0.1, 0.15) is 103 Å². The Hall–Kier alpha value is -2.03. The van der Waals surface area contributed by atoms with Gasteiger partial charge in [-0.05, 0) is 6.42 Å². The Morgan fingerprint density at radius 2 is 0.373 bits per heavy atom. The van der Waals surface area contributed by atoms with Crippen molar-refractivity contribution in [3.05, 3.63) is 0 Å². The molecule has 59 heavy (non-hydrogen) atoms. The summed E-state index contributed by atoms with van der Waals surface area (Å²) in [6, 6.07) is 0. The molecular formula is C30H33F29. The molecule has 0 aromatic rings. The van der Waals surface area contributed by atoms with Gasteiger partial charge in [0.2, 0.25) is 0 Å². The van der Waals surface area contributed by atoms with Gasteiger partial charge in [0, 0.05) is 6.42 Å². The standard InChI is InChI=1S/C30H33F29/c1-2-3-4-5-6-7-8-9-10-11-12-13-14-15-16-17(31,32)18(33,34)19(35,36)20(37,38)21(39,40)22(41,42)23(43,44)24(45,46)25(47,48)26(49,50)27(51,52)28(53,54)29(55,56)30(57,58)59/h2-16H2,1H3. The Balaban J connectivity index is 6.40. The van der Waals surface area contributed by atoms with Gasteiger partial charge in [0.05, 0.1) is 0 Å². The van der Waals surface area contributed by atoms with Crippen LogP contribution in [0.2, 0.25) is 0 Å². The first kappa shape index (κ1) is 57.0. The number of hydrogen-bond acceptors (Lipinski definition) is 0. The molecule has 0 amide bonds. The maximum Gasteiger partial charge on any atom is 0.460 e. The van der Waals surface area contributed by atoms with Crippen molar-refractivity contribution in [1.29, 1.82) is 0 Å². The molecule has 0 aliphatic rings. The minimum absolute atomic E-state index is 0.151. The monoisotopic (exact) mass is 944 g/mol. The lowest BCUT2D eigenvalue weighted by molar-refractivity contribution is -0.487. The van der Waals surface area contributed by atoms with Gasteiger partial charge in [0.15, 0.2) is 0 Å². The Bertz CT molecular complexity index is 1310. The Labute approximate surface area is 314 Å². The van der Waals surface area contributed by atoms with Gasteiger partial charge in [-0.3, -0.25) is 0 Å². The SMILES string of the molecule is CCCCCCCCCCCCCCCCC(F)(F)C(F)(F)C(F)(F)C(F)(F)C(F)(F)C(F)(F)C(F)(F)C(F)(F)C(F)(F)C(F)(F)C(F)(F)C(F)(F)C(F)(F)C(F)(F)F. The lowest BCUT2D eigenvalue weighted by atomic mass is 9.83. The van der Waals surface area contributed by atoms with Crippen LogP contribution < -0.4 is 0 Å². The Morgan fingerprint density at radius 3 is 0.576 bits per heavy atom. The third-order valence-corrected chi connectivity index (χ3v) is 9.00. The van der Waals surface area contributed by atoms with Gasteiger partial charge in [0.25, 0.3) is 0 Å². The van der Waals surface area contributed by atoms with Gasteiger partial charge in [-0.2, -0.15) is 127 Å². The zero-order valence-corrected chi connectivity index (χ0v) is 29.6. The third-order valence-electron chi connectivity index (χ3n) is 9.00. The molecule has 0 heterocycles. The molecule has 0 atom stereocenters. The summed E-state index contributed by atoms with van der Waals surface area (Å²) in [7, 11) is 0. The van der Waals surface area contributed by atoms with Crippen molar-refractivity contribution in [3.8, 4) is 0 Å². The predicted octanol–water partition coefficient (Wildman–Crippen LogP) is 15.7. The summed E-state index contributed by atoms with van der Waals surface area (Å²) in [5, 5.41) is 0. The normalized spacial score (nSPS) is 16.0. The first-order valence-corrected chi connectivity index (χ1v) is 16.8. The van der Waals surface area contributed by atoms with Crippen LogP contribution in [0.4, 0.5) is 127 Å². The van der Waals surface area contributed by atoms with Crippen LogP contribution in [0.5, 0.6) is 0 Å². The summed E-state index contributed by atoms with van der Waals surface area (Å²) in [4.78, 5) is 0. The predicted molar refractivity (Wildman–Crippen MR) is 145 cm³/mol. The number of halogens is 29. The van der Waals surface area contributed by atoms with Crippen molar-refractivity contribution in [2.75, 3.05) is 0 Å². The van der Waals surface area contributed by atoms with Crippen molar-refractivity contribution in [1.82, 2.24) is 0 Å². The zero-order chi connectivity index (χ0) is 47.6. The van der Waals surface area contributed by atoms with Crippen LogP contribution >= 0.6 is 0 Å². The fraction of sp³-hybridized carbons (Fsp3) is 1.00. The van der Waals surface area contributed by atoms with Crippen LogP contribution in [0.25, 0.3) is 0 Å². The molecule has 0 fully saturated rings. The highest BCUT2D eigenvalue weighted by Gasteiger charge is 3.00. The molecule has 0 N–H and O–H groups in total.